The van der Waals surface area contributed by atoms with E-state index in [1.807, 2.05) is 26.0 Å². The van der Waals surface area contributed by atoms with E-state index in [-0.39, 0.29) is 35.7 Å². The van der Waals surface area contributed by atoms with E-state index in [2.05, 4.69) is 0 Å². The second-order valence-electron chi connectivity index (χ2n) is 7.45. The van der Waals surface area contributed by atoms with Crippen molar-refractivity contribution in [2.24, 2.45) is 5.92 Å². The van der Waals surface area contributed by atoms with Crippen LogP contribution in [0, 0.1) is 19.8 Å². The predicted molar refractivity (Wildman–Crippen MR) is 109 cm³/mol. The number of nitrogens with zero attached hydrogens (tertiary/aromatic N) is 1. The summed E-state index contributed by atoms with van der Waals surface area (Å²) in [5.74, 6) is -0.222. The Kier molecular flexibility index (Phi) is 6.19. The minimum absolute atomic E-state index is 0.114. The summed E-state index contributed by atoms with van der Waals surface area (Å²) >= 11 is 0. The van der Waals surface area contributed by atoms with Crippen molar-refractivity contribution in [2.75, 3.05) is 13.1 Å². The number of carbonyl (C=O) groups excluding carboxylic acids is 2. The van der Waals surface area contributed by atoms with Crippen LogP contribution in [-0.2, 0) is 14.8 Å². The number of aryl methyl sites for hydroxylation is 2. The van der Waals surface area contributed by atoms with E-state index in [1.54, 1.807) is 6.07 Å². The van der Waals surface area contributed by atoms with Crippen LogP contribution in [0.4, 0.5) is 0 Å². The number of Topliss-reactive ketones (excluding diaryl/α,β-unsaturated/α-hetero) is 1. The molecular weight excluding hydrogens is 390 g/mol. The highest BCUT2D eigenvalue weighted by atomic mass is 32.2. The Hall–Kier alpha value is -2.51. The van der Waals surface area contributed by atoms with Crippen molar-refractivity contribution in [1.82, 2.24) is 4.31 Å². The maximum Gasteiger partial charge on any atom is 0.314 e. The Morgan fingerprint density at radius 3 is 2.17 bits per heavy atom. The highest BCUT2D eigenvalue weighted by Gasteiger charge is 2.33. The van der Waals surface area contributed by atoms with Crippen LogP contribution in [-0.4, -0.2) is 37.6 Å². The summed E-state index contributed by atoms with van der Waals surface area (Å²) in [6.07, 6.45) is 0.822. The summed E-state index contributed by atoms with van der Waals surface area (Å²) in [5.41, 5.74) is 2.46. The summed E-state index contributed by atoms with van der Waals surface area (Å²) in [4.78, 5) is 24.0. The van der Waals surface area contributed by atoms with Gasteiger partial charge in [0.05, 0.1) is 10.8 Å². The standard InChI is InChI=1S/C22H25NO5S/c1-15-4-9-21(16(2)14-15)28-22(25)19-10-12-23(13-11-19)29(26,27)20-7-5-18(6-8-20)17(3)24/h4-9,14,19H,10-13H2,1-3H3. The molecule has 0 aromatic heterocycles. The fourth-order valence-electron chi connectivity index (χ4n) is 3.45. The molecule has 2 aromatic carbocycles. The first kappa shape index (κ1) is 21.2. The van der Waals surface area contributed by atoms with Gasteiger partial charge < -0.3 is 4.74 Å². The number of ketones is 1. The first-order chi connectivity index (χ1) is 13.7. The largest absolute Gasteiger partial charge is 0.426 e. The van der Waals surface area contributed by atoms with Crippen LogP contribution in [0.15, 0.2) is 47.4 Å². The Bertz CT molecular complexity index is 1020. The highest BCUT2D eigenvalue weighted by Crippen LogP contribution is 2.27. The van der Waals surface area contributed by atoms with Gasteiger partial charge in [0.1, 0.15) is 5.75 Å². The zero-order chi connectivity index (χ0) is 21.2. The summed E-state index contributed by atoms with van der Waals surface area (Å²) in [7, 11) is -3.65. The zero-order valence-electron chi connectivity index (χ0n) is 16.8. The Morgan fingerprint density at radius 2 is 1.62 bits per heavy atom. The van der Waals surface area contributed by atoms with Gasteiger partial charge in [-0.05, 0) is 57.4 Å². The predicted octanol–water partition coefficient (Wildman–Crippen LogP) is 3.51. The topological polar surface area (TPSA) is 80.8 Å². The van der Waals surface area contributed by atoms with Gasteiger partial charge in [-0.25, -0.2) is 8.42 Å². The minimum atomic E-state index is -3.65. The lowest BCUT2D eigenvalue weighted by molar-refractivity contribution is -0.140. The molecule has 0 saturated carbocycles. The molecule has 0 bridgehead atoms. The third-order valence-corrected chi connectivity index (χ3v) is 7.14. The Balaban J connectivity index is 1.63. The van der Waals surface area contributed by atoms with Crippen LogP contribution in [0.2, 0.25) is 0 Å². The van der Waals surface area contributed by atoms with Crippen molar-refractivity contribution in [3.63, 3.8) is 0 Å². The van der Waals surface area contributed by atoms with Crippen molar-refractivity contribution < 1.29 is 22.7 Å². The number of carbonyl (C=O) groups is 2. The van der Waals surface area contributed by atoms with Gasteiger partial charge in [-0.2, -0.15) is 4.31 Å². The van der Waals surface area contributed by atoms with Gasteiger partial charge in [0, 0.05) is 18.7 Å². The van der Waals surface area contributed by atoms with Gasteiger partial charge in [0.25, 0.3) is 0 Å². The van der Waals surface area contributed by atoms with Crippen LogP contribution in [0.3, 0.4) is 0 Å². The monoisotopic (exact) mass is 415 g/mol. The number of hydrogen-bond acceptors (Lipinski definition) is 5. The smallest absolute Gasteiger partial charge is 0.314 e. The summed E-state index contributed by atoms with van der Waals surface area (Å²) in [5, 5.41) is 0. The molecule has 6 nitrogen and oxygen atoms in total. The van der Waals surface area contributed by atoms with Crippen LogP contribution < -0.4 is 4.74 Å². The van der Waals surface area contributed by atoms with Crippen molar-refractivity contribution in [3.05, 3.63) is 59.2 Å². The molecule has 0 radical (unpaired) electrons. The maximum absolute atomic E-state index is 12.8. The van der Waals surface area contributed by atoms with Crippen molar-refractivity contribution in [3.8, 4) is 5.75 Å². The van der Waals surface area contributed by atoms with E-state index in [4.69, 9.17) is 4.74 Å². The molecule has 2 aromatic rings. The fourth-order valence-corrected chi connectivity index (χ4v) is 4.92. The average molecular weight is 416 g/mol. The fraction of sp³-hybridized carbons (Fsp3) is 0.364. The van der Waals surface area contributed by atoms with Gasteiger partial charge in [0.2, 0.25) is 10.0 Å². The summed E-state index contributed by atoms with van der Waals surface area (Å²) in [6.45, 7) is 5.81. The van der Waals surface area contributed by atoms with E-state index in [9.17, 15) is 18.0 Å². The molecule has 1 aliphatic heterocycles. The molecule has 0 amide bonds. The first-order valence-corrected chi connectivity index (χ1v) is 11.0. The second-order valence-corrected chi connectivity index (χ2v) is 9.39. The number of ether oxygens (including phenoxy) is 1. The highest BCUT2D eigenvalue weighted by molar-refractivity contribution is 7.89. The number of rotatable bonds is 5. The molecule has 7 heteroatoms. The van der Waals surface area contributed by atoms with E-state index >= 15 is 0 Å². The number of esters is 1. The van der Waals surface area contributed by atoms with Gasteiger partial charge in [-0.15, -0.1) is 0 Å². The van der Waals surface area contributed by atoms with E-state index in [0.29, 0.717) is 24.2 Å². The van der Waals surface area contributed by atoms with Crippen molar-refractivity contribution >= 4 is 21.8 Å². The lowest BCUT2D eigenvalue weighted by Gasteiger charge is -2.30. The average Bonchev–Trinajstić information content (AvgIpc) is 2.70. The van der Waals surface area contributed by atoms with Crippen molar-refractivity contribution in [2.45, 2.75) is 38.5 Å². The zero-order valence-corrected chi connectivity index (χ0v) is 17.7. The maximum atomic E-state index is 12.8. The first-order valence-electron chi connectivity index (χ1n) is 9.58. The van der Waals surface area contributed by atoms with Gasteiger partial charge in [0.15, 0.2) is 5.78 Å². The number of piperidine rings is 1. The van der Waals surface area contributed by atoms with Crippen LogP contribution in [0.25, 0.3) is 0 Å². The van der Waals surface area contributed by atoms with Gasteiger partial charge in [-0.3, -0.25) is 9.59 Å². The molecule has 1 saturated heterocycles. The van der Waals surface area contributed by atoms with Crippen LogP contribution in [0.1, 0.15) is 41.3 Å². The molecule has 1 heterocycles. The van der Waals surface area contributed by atoms with Crippen molar-refractivity contribution in [1.29, 1.82) is 0 Å². The molecule has 0 unspecified atom stereocenters. The van der Waals surface area contributed by atoms with Gasteiger partial charge >= 0.3 is 5.97 Å². The van der Waals surface area contributed by atoms with Crippen LogP contribution >= 0.6 is 0 Å². The lowest BCUT2D eigenvalue weighted by Crippen LogP contribution is -2.41. The Morgan fingerprint density at radius 1 is 1.00 bits per heavy atom. The SMILES string of the molecule is CC(=O)c1ccc(S(=O)(=O)N2CCC(C(=O)Oc3ccc(C)cc3C)CC2)cc1. The third-order valence-electron chi connectivity index (χ3n) is 5.23. The molecule has 0 atom stereocenters. The molecular formula is C22H25NO5S. The van der Waals surface area contributed by atoms with Gasteiger partial charge in [-0.1, -0.05) is 29.8 Å². The Labute approximate surface area is 171 Å². The molecule has 0 N–H and O–H groups in total. The summed E-state index contributed by atoms with van der Waals surface area (Å²) in [6, 6.07) is 11.6. The molecule has 0 spiro atoms. The normalized spacial score (nSPS) is 15.8. The number of sulfonamides is 1. The van der Waals surface area contributed by atoms with Crippen LogP contribution in [0.5, 0.6) is 5.75 Å². The molecule has 1 fully saturated rings. The molecule has 3 rings (SSSR count). The minimum Gasteiger partial charge on any atom is -0.426 e. The van der Waals surface area contributed by atoms with E-state index < -0.39 is 10.0 Å². The second kappa shape index (κ2) is 8.47. The van der Waals surface area contributed by atoms with E-state index in [0.717, 1.165) is 11.1 Å². The van der Waals surface area contributed by atoms with E-state index in [1.165, 1.54) is 35.5 Å². The third kappa shape index (κ3) is 4.74. The molecule has 1 aliphatic rings. The molecule has 154 valence electrons. The molecule has 0 aliphatic carbocycles. The lowest BCUT2D eigenvalue weighted by atomic mass is 9.98. The quantitative estimate of drug-likeness (QED) is 0.424. The number of benzene rings is 2. The summed E-state index contributed by atoms with van der Waals surface area (Å²) < 4.78 is 32.6. The molecule has 29 heavy (non-hydrogen) atoms. The number of hydrogen-bond donors (Lipinski definition) is 0.